The maximum Gasteiger partial charge on any atom is 0.314 e. The Bertz CT molecular complexity index is 246. The number of rotatable bonds is 14. The van der Waals surface area contributed by atoms with E-state index in [-0.39, 0.29) is 6.03 Å². The van der Waals surface area contributed by atoms with E-state index in [1.165, 1.54) is 0 Å². The van der Waals surface area contributed by atoms with Gasteiger partial charge >= 0.3 is 6.03 Å². The number of carbonyl (C=O) groups excluding carboxylic acids is 1. The van der Waals surface area contributed by atoms with Gasteiger partial charge in [0.2, 0.25) is 0 Å². The first-order valence-electron chi connectivity index (χ1n) is 7.13. The molecule has 0 saturated heterocycles. The lowest BCUT2D eigenvalue weighted by Gasteiger charge is -2.16. The number of likely N-dealkylation sites (N-methyl/N-ethyl adjacent to an activating group) is 1. The highest BCUT2D eigenvalue weighted by Crippen LogP contribution is 1.80. The van der Waals surface area contributed by atoms with Crippen molar-refractivity contribution in [2.75, 3.05) is 72.7 Å². The highest BCUT2D eigenvalue weighted by atomic mass is 16.5. The van der Waals surface area contributed by atoms with Crippen molar-refractivity contribution in [3.63, 3.8) is 0 Å². The number of urea groups is 1. The van der Waals surface area contributed by atoms with Gasteiger partial charge < -0.3 is 35.9 Å². The normalized spacial score (nSPS) is 10.9. The second-order valence-electron chi connectivity index (χ2n) is 4.41. The quantitative estimate of drug-likeness (QED) is 0.189. The van der Waals surface area contributed by atoms with Crippen LogP contribution in [0, 0.1) is 0 Å². The average Bonchev–Trinajstić information content (AvgIpc) is 2.48. The van der Waals surface area contributed by atoms with Crippen molar-refractivity contribution in [3.8, 4) is 0 Å². The van der Waals surface area contributed by atoms with Gasteiger partial charge in [-0.2, -0.15) is 0 Å². The Labute approximate surface area is 126 Å². The summed E-state index contributed by atoms with van der Waals surface area (Å²) in [6.45, 7) is 5.40. The van der Waals surface area contributed by atoms with E-state index in [1.807, 2.05) is 11.9 Å². The Balaban J connectivity index is 3.27. The molecule has 0 aliphatic heterocycles. The molecule has 0 aliphatic carbocycles. The summed E-state index contributed by atoms with van der Waals surface area (Å²) in [7, 11) is 1.91. The third-order valence-corrected chi connectivity index (χ3v) is 2.55. The van der Waals surface area contributed by atoms with Crippen LogP contribution in [0.15, 0.2) is 0 Å². The Kier molecular flexibility index (Phi) is 14.7. The third kappa shape index (κ3) is 15.2. The predicted octanol–water partition coefficient (Wildman–Crippen LogP) is -1.81. The first-order chi connectivity index (χ1) is 10.2. The molecule has 0 saturated carbocycles. The molecule has 0 atom stereocenters. The average molecular weight is 307 g/mol. The number of nitrogens with two attached hydrogens (primary N) is 1. The van der Waals surface area contributed by atoms with Crippen molar-refractivity contribution in [3.05, 3.63) is 0 Å². The number of carbonyl (C=O) groups is 1. The Morgan fingerprint density at radius 3 is 2.33 bits per heavy atom. The van der Waals surface area contributed by atoms with Crippen LogP contribution in [0.5, 0.6) is 0 Å². The number of ether oxygens (including phenoxy) is 2. The molecular formula is C12H29N5O4. The zero-order valence-corrected chi connectivity index (χ0v) is 12.8. The van der Waals surface area contributed by atoms with Crippen molar-refractivity contribution >= 4 is 6.03 Å². The zero-order chi connectivity index (χ0) is 15.8. The van der Waals surface area contributed by atoms with E-state index in [1.54, 1.807) is 0 Å². The van der Waals surface area contributed by atoms with E-state index in [0.717, 1.165) is 0 Å². The highest BCUT2D eigenvalue weighted by Gasteiger charge is 2.01. The number of amides is 2. The first-order valence-corrected chi connectivity index (χ1v) is 7.13. The van der Waals surface area contributed by atoms with Crippen LogP contribution >= 0.6 is 0 Å². The van der Waals surface area contributed by atoms with E-state index < -0.39 is 0 Å². The van der Waals surface area contributed by atoms with Gasteiger partial charge in [-0.3, -0.25) is 0 Å². The minimum absolute atomic E-state index is 0.216. The summed E-state index contributed by atoms with van der Waals surface area (Å²) in [6, 6.07) is -0.216. The van der Waals surface area contributed by atoms with Crippen LogP contribution in [-0.2, 0) is 9.47 Å². The van der Waals surface area contributed by atoms with E-state index >= 15 is 0 Å². The maximum absolute atomic E-state index is 11.4. The fourth-order valence-electron chi connectivity index (χ4n) is 1.42. The van der Waals surface area contributed by atoms with E-state index in [4.69, 9.17) is 20.4 Å². The van der Waals surface area contributed by atoms with Crippen LogP contribution in [0.2, 0.25) is 0 Å². The predicted molar refractivity (Wildman–Crippen MR) is 79.4 cm³/mol. The molecule has 0 aromatic rings. The molecule has 0 aromatic carbocycles. The van der Waals surface area contributed by atoms with Gasteiger partial charge in [0.25, 0.3) is 0 Å². The van der Waals surface area contributed by atoms with Gasteiger partial charge in [-0.1, -0.05) is 0 Å². The second-order valence-corrected chi connectivity index (χ2v) is 4.41. The number of nitrogens with one attached hydrogen (secondary N) is 3. The third-order valence-electron chi connectivity index (χ3n) is 2.55. The van der Waals surface area contributed by atoms with Crippen molar-refractivity contribution in [1.82, 2.24) is 21.0 Å². The molecule has 21 heavy (non-hydrogen) atoms. The molecule has 0 spiro atoms. The van der Waals surface area contributed by atoms with Gasteiger partial charge in [0.05, 0.1) is 26.4 Å². The minimum atomic E-state index is -0.216. The lowest BCUT2D eigenvalue weighted by molar-refractivity contribution is 0.0524. The van der Waals surface area contributed by atoms with Crippen LogP contribution in [0.1, 0.15) is 0 Å². The molecule has 9 nitrogen and oxygen atoms in total. The topological polar surface area (TPSA) is 121 Å². The van der Waals surface area contributed by atoms with Crippen molar-refractivity contribution in [1.29, 1.82) is 0 Å². The smallest absolute Gasteiger partial charge is 0.314 e. The van der Waals surface area contributed by atoms with Crippen LogP contribution in [-0.4, -0.2) is 88.9 Å². The summed E-state index contributed by atoms with van der Waals surface area (Å²) >= 11 is 0. The van der Waals surface area contributed by atoms with Gasteiger partial charge in [0, 0.05) is 39.3 Å². The van der Waals surface area contributed by atoms with Gasteiger partial charge in [0.1, 0.15) is 0 Å². The minimum Gasteiger partial charge on any atom is -0.378 e. The van der Waals surface area contributed by atoms with Gasteiger partial charge in [0.15, 0.2) is 0 Å². The first kappa shape index (κ1) is 20.0. The molecule has 2 amide bonds. The van der Waals surface area contributed by atoms with E-state index in [0.29, 0.717) is 65.7 Å². The fourth-order valence-corrected chi connectivity index (χ4v) is 1.42. The lowest BCUT2D eigenvalue weighted by Crippen LogP contribution is -2.41. The second kappa shape index (κ2) is 15.4. The summed E-state index contributed by atoms with van der Waals surface area (Å²) in [5, 5.41) is 13.9. The molecule has 0 heterocycles. The molecule has 0 bridgehead atoms. The molecule has 0 fully saturated rings. The van der Waals surface area contributed by atoms with Gasteiger partial charge in [-0.15, -0.1) is 0 Å². The molecule has 126 valence electrons. The number of hydrogen-bond acceptors (Lipinski definition) is 7. The molecule has 0 unspecified atom stereocenters. The van der Waals surface area contributed by atoms with Crippen LogP contribution in [0.25, 0.3) is 0 Å². The molecular weight excluding hydrogens is 278 g/mol. The summed E-state index contributed by atoms with van der Waals surface area (Å²) in [4.78, 5) is 13.4. The largest absolute Gasteiger partial charge is 0.378 e. The number of hydrogen-bond donors (Lipinski definition) is 5. The Morgan fingerprint density at radius 1 is 1.05 bits per heavy atom. The van der Waals surface area contributed by atoms with Crippen LogP contribution in [0.4, 0.5) is 4.79 Å². The molecule has 9 heteroatoms. The molecule has 0 aliphatic rings. The molecule has 6 N–H and O–H groups in total. The van der Waals surface area contributed by atoms with E-state index in [2.05, 4.69) is 16.1 Å². The van der Waals surface area contributed by atoms with Crippen molar-refractivity contribution in [2.24, 2.45) is 5.73 Å². The Hall–Kier alpha value is -0.970. The molecule has 0 rings (SSSR count). The maximum atomic E-state index is 11.4. The van der Waals surface area contributed by atoms with Gasteiger partial charge in [-0.05, 0) is 7.05 Å². The SMILES string of the molecule is CN(CCNO)CCNC(=O)NCCOCCOCCN. The molecule has 0 aromatic heterocycles. The number of nitrogens with zero attached hydrogens (tertiary/aromatic N) is 1. The fraction of sp³-hybridized carbons (Fsp3) is 0.917. The Morgan fingerprint density at radius 2 is 1.67 bits per heavy atom. The monoisotopic (exact) mass is 307 g/mol. The van der Waals surface area contributed by atoms with Gasteiger partial charge in [-0.25, -0.2) is 10.3 Å². The van der Waals surface area contributed by atoms with E-state index in [9.17, 15) is 4.79 Å². The molecule has 0 radical (unpaired) electrons. The van der Waals surface area contributed by atoms with Crippen molar-refractivity contribution < 1.29 is 19.5 Å². The highest BCUT2D eigenvalue weighted by molar-refractivity contribution is 5.73. The zero-order valence-electron chi connectivity index (χ0n) is 12.8. The van der Waals surface area contributed by atoms with Crippen LogP contribution in [0.3, 0.4) is 0 Å². The van der Waals surface area contributed by atoms with Crippen LogP contribution < -0.4 is 21.8 Å². The standard InChI is InChI=1S/C12H29N5O4/c1-17(7-4-16-19)6-3-14-12(18)15-5-9-21-11-10-20-8-2-13/h16,19H,2-11,13H2,1H3,(H2,14,15,18). The summed E-state index contributed by atoms with van der Waals surface area (Å²) in [5.41, 5.74) is 7.35. The lowest BCUT2D eigenvalue weighted by atomic mass is 10.5. The summed E-state index contributed by atoms with van der Waals surface area (Å²) in [5.74, 6) is 0. The summed E-state index contributed by atoms with van der Waals surface area (Å²) in [6.07, 6.45) is 0. The number of hydroxylamine groups is 1. The summed E-state index contributed by atoms with van der Waals surface area (Å²) < 4.78 is 10.4. The van der Waals surface area contributed by atoms with Crippen molar-refractivity contribution in [2.45, 2.75) is 0 Å².